The van der Waals surface area contributed by atoms with E-state index >= 15 is 0 Å². The lowest BCUT2D eigenvalue weighted by atomic mass is 10.3. The zero-order chi connectivity index (χ0) is 13.9. The molecule has 6 nitrogen and oxygen atoms in total. The molecule has 3 heterocycles. The number of fused-ring (bicyclic) bond motifs is 1. The van der Waals surface area contributed by atoms with Crippen LogP contribution in [0.15, 0.2) is 33.6 Å². The van der Waals surface area contributed by atoms with Crippen LogP contribution in [0.25, 0.3) is 5.78 Å². The molecule has 1 N–H and O–H groups in total. The third-order valence-corrected chi connectivity index (χ3v) is 3.40. The van der Waals surface area contributed by atoms with E-state index in [0.717, 1.165) is 41.3 Å². The number of hydrogen-bond donors (Lipinski definition) is 1. The van der Waals surface area contributed by atoms with Gasteiger partial charge in [0, 0.05) is 24.7 Å². The minimum absolute atomic E-state index is 0.618. The van der Waals surface area contributed by atoms with Gasteiger partial charge in [0.25, 0.3) is 5.78 Å². The standard InChI is InChI=1S/C13H14BrN5O/c1-2-9-7-12(19-13(18-9)16-8-17-19)15-6-5-10-3-4-11(14)20-10/h3-4,7-8,15H,2,5-6H2,1H3. The van der Waals surface area contributed by atoms with E-state index in [4.69, 9.17) is 4.42 Å². The highest BCUT2D eigenvalue weighted by Gasteiger charge is 2.07. The van der Waals surface area contributed by atoms with Gasteiger partial charge in [-0.2, -0.15) is 14.6 Å². The molecule has 0 spiro atoms. The molecule has 0 atom stereocenters. The average molecular weight is 336 g/mol. The number of hydrogen-bond acceptors (Lipinski definition) is 5. The second kappa shape index (κ2) is 5.62. The zero-order valence-electron chi connectivity index (χ0n) is 11.0. The van der Waals surface area contributed by atoms with Crippen molar-refractivity contribution in [3.8, 4) is 0 Å². The number of furan rings is 1. The molecule has 0 bridgehead atoms. The monoisotopic (exact) mass is 335 g/mol. The summed E-state index contributed by atoms with van der Waals surface area (Å²) in [5.41, 5.74) is 0.994. The first-order chi connectivity index (χ1) is 9.76. The van der Waals surface area contributed by atoms with Crippen LogP contribution in [0.3, 0.4) is 0 Å². The maximum atomic E-state index is 5.47. The number of nitrogens with zero attached hydrogens (tertiary/aromatic N) is 4. The summed E-state index contributed by atoms with van der Waals surface area (Å²) in [6.07, 6.45) is 3.17. The van der Waals surface area contributed by atoms with Crippen LogP contribution < -0.4 is 5.32 Å². The third kappa shape index (κ3) is 2.67. The summed E-state index contributed by atoms with van der Waals surface area (Å²) in [5.74, 6) is 2.45. The van der Waals surface area contributed by atoms with Gasteiger partial charge >= 0.3 is 0 Å². The summed E-state index contributed by atoms with van der Waals surface area (Å²) in [4.78, 5) is 8.54. The van der Waals surface area contributed by atoms with E-state index in [0.29, 0.717) is 5.78 Å². The van der Waals surface area contributed by atoms with Crippen LogP contribution in [-0.4, -0.2) is 26.1 Å². The lowest BCUT2D eigenvalue weighted by molar-refractivity contribution is 0.491. The van der Waals surface area contributed by atoms with Gasteiger partial charge in [-0.3, -0.25) is 0 Å². The molecule has 0 saturated carbocycles. The van der Waals surface area contributed by atoms with Gasteiger partial charge in [0.05, 0.1) is 0 Å². The van der Waals surface area contributed by atoms with Gasteiger partial charge in [0.1, 0.15) is 17.9 Å². The first-order valence-electron chi connectivity index (χ1n) is 6.44. The molecular formula is C13H14BrN5O. The van der Waals surface area contributed by atoms with Gasteiger partial charge in [-0.05, 0) is 34.5 Å². The first kappa shape index (κ1) is 13.1. The van der Waals surface area contributed by atoms with Crippen molar-refractivity contribution >= 4 is 27.5 Å². The van der Waals surface area contributed by atoms with Gasteiger partial charge in [0.15, 0.2) is 4.67 Å². The second-order valence-corrected chi connectivity index (χ2v) is 5.12. The highest BCUT2D eigenvalue weighted by Crippen LogP contribution is 2.15. The molecule has 7 heteroatoms. The summed E-state index contributed by atoms with van der Waals surface area (Å²) in [6, 6.07) is 5.85. The largest absolute Gasteiger partial charge is 0.454 e. The Bertz CT molecular complexity index is 720. The molecule has 0 radical (unpaired) electrons. The Morgan fingerprint density at radius 3 is 3.05 bits per heavy atom. The average Bonchev–Trinajstić information content (AvgIpc) is 3.07. The highest BCUT2D eigenvalue weighted by atomic mass is 79.9. The van der Waals surface area contributed by atoms with Gasteiger partial charge in [-0.1, -0.05) is 6.92 Å². The third-order valence-electron chi connectivity index (χ3n) is 2.97. The molecular weight excluding hydrogens is 322 g/mol. The van der Waals surface area contributed by atoms with Gasteiger partial charge in [0.2, 0.25) is 0 Å². The van der Waals surface area contributed by atoms with E-state index in [1.165, 1.54) is 6.33 Å². The number of rotatable bonds is 5. The van der Waals surface area contributed by atoms with E-state index < -0.39 is 0 Å². The maximum Gasteiger partial charge on any atom is 0.254 e. The lowest BCUT2D eigenvalue weighted by Crippen LogP contribution is -2.10. The van der Waals surface area contributed by atoms with E-state index in [9.17, 15) is 0 Å². The molecule has 3 aromatic rings. The van der Waals surface area contributed by atoms with Crippen LogP contribution in [0.4, 0.5) is 5.82 Å². The number of halogens is 1. The van der Waals surface area contributed by atoms with E-state index in [1.807, 2.05) is 18.2 Å². The van der Waals surface area contributed by atoms with Crippen LogP contribution in [0, 0.1) is 0 Å². The van der Waals surface area contributed by atoms with Crippen LogP contribution in [0.2, 0.25) is 0 Å². The van der Waals surface area contributed by atoms with Crippen LogP contribution in [0.5, 0.6) is 0 Å². The fourth-order valence-electron chi connectivity index (χ4n) is 1.97. The summed E-state index contributed by atoms with van der Waals surface area (Å²) in [5, 5.41) is 7.52. The van der Waals surface area contributed by atoms with Crippen LogP contribution in [0.1, 0.15) is 18.4 Å². The molecule has 20 heavy (non-hydrogen) atoms. The second-order valence-electron chi connectivity index (χ2n) is 4.34. The molecule has 0 aliphatic rings. The quantitative estimate of drug-likeness (QED) is 0.776. The molecule has 3 rings (SSSR count). The summed E-state index contributed by atoms with van der Waals surface area (Å²) >= 11 is 3.30. The van der Waals surface area contributed by atoms with Crippen LogP contribution in [-0.2, 0) is 12.8 Å². The van der Waals surface area contributed by atoms with Crippen molar-refractivity contribution in [3.63, 3.8) is 0 Å². The molecule has 0 fully saturated rings. The van der Waals surface area contributed by atoms with Crippen molar-refractivity contribution in [2.75, 3.05) is 11.9 Å². The summed E-state index contributed by atoms with van der Waals surface area (Å²) < 4.78 is 7.93. The van der Waals surface area contributed by atoms with Crippen molar-refractivity contribution in [3.05, 3.63) is 40.7 Å². The van der Waals surface area contributed by atoms with E-state index in [1.54, 1.807) is 4.52 Å². The van der Waals surface area contributed by atoms with Crippen LogP contribution >= 0.6 is 15.9 Å². The molecule has 0 unspecified atom stereocenters. The minimum Gasteiger partial charge on any atom is -0.454 e. The van der Waals surface area contributed by atoms with Gasteiger partial charge in [-0.15, -0.1) is 0 Å². The minimum atomic E-state index is 0.618. The zero-order valence-corrected chi connectivity index (χ0v) is 12.6. The van der Waals surface area contributed by atoms with Gasteiger partial charge in [-0.25, -0.2) is 4.98 Å². The molecule has 0 aromatic carbocycles. The fourth-order valence-corrected chi connectivity index (χ4v) is 2.31. The Hall–Kier alpha value is -1.89. The first-order valence-corrected chi connectivity index (χ1v) is 7.23. The number of anilines is 1. The molecule has 0 aliphatic carbocycles. The number of aromatic nitrogens is 4. The summed E-state index contributed by atoms with van der Waals surface area (Å²) in [7, 11) is 0. The van der Waals surface area contributed by atoms with Crippen molar-refractivity contribution in [2.24, 2.45) is 0 Å². The molecule has 0 amide bonds. The molecule has 0 saturated heterocycles. The fraction of sp³-hybridized carbons (Fsp3) is 0.308. The Kier molecular flexibility index (Phi) is 3.68. The predicted molar refractivity (Wildman–Crippen MR) is 78.8 cm³/mol. The predicted octanol–water partition coefficient (Wildman–Crippen LogP) is 2.70. The number of aryl methyl sites for hydroxylation is 1. The Morgan fingerprint density at radius 1 is 1.40 bits per heavy atom. The Balaban J connectivity index is 1.74. The van der Waals surface area contributed by atoms with Crippen molar-refractivity contribution in [1.82, 2.24) is 19.6 Å². The lowest BCUT2D eigenvalue weighted by Gasteiger charge is -2.08. The van der Waals surface area contributed by atoms with E-state index in [-0.39, 0.29) is 0 Å². The van der Waals surface area contributed by atoms with Crippen molar-refractivity contribution in [2.45, 2.75) is 19.8 Å². The Morgan fingerprint density at radius 2 is 2.30 bits per heavy atom. The maximum absolute atomic E-state index is 5.47. The normalized spacial score (nSPS) is 11.1. The van der Waals surface area contributed by atoms with Gasteiger partial charge < -0.3 is 9.73 Å². The topological polar surface area (TPSA) is 68.2 Å². The number of nitrogens with one attached hydrogen (secondary N) is 1. The van der Waals surface area contributed by atoms with E-state index in [2.05, 4.69) is 43.2 Å². The molecule has 0 aliphatic heterocycles. The molecule has 3 aromatic heterocycles. The summed E-state index contributed by atoms with van der Waals surface area (Å²) in [6.45, 7) is 2.82. The molecule has 104 valence electrons. The van der Waals surface area contributed by atoms with Crippen molar-refractivity contribution < 1.29 is 4.42 Å². The van der Waals surface area contributed by atoms with Crippen molar-refractivity contribution in [1.29, 1.82) is 0 Å². The Labute approximate surface area is 124 Å². The SMILES string of the molecule is CCc1cc(NCCc2ccc(Br)o2)n2ncnc2n1. The smallest absolute Gasteiger partial charge is 0.254 e. The highest BCUT2D eigenvalue weighted by molar-refractivity contribution is 9.10.